The maximum Gasteiger partial charge on any atom is 0.114 e. The maximum absolute atomic E-state index is 10.2. The molecule has 208 valence electrons. The highest BCUT2D eigenvalue weighted by Gasteiger charge is 2.37. The molecule has 0 saturated heterocycles. The van der Waals surface area contributed by atoms with Crippen molar-refractivity contribution in [3.8, 4) is 0 Å². The van der Waals surface area contributed by atoms with Gasteiger partial charge in [0.1, 0.15) is 12.2 Å². The second kappa shape index (κ2) is 16.1. The Hall–Kier alpha value is -3.25. The molecular weight excluding hydrogens is 520 g/mol. The molecule has 0 bridgehead atoms. The first-order valence-electron chi connectivity index (χ1n) is 13.6. The largest absolute Gasteiger partial charge is 0.396 e. The van der Waals surface area contributed by atoms with Crippen LogP contribution in [-0.2, 0) is 34.0 Å². The normalized spacial score (nSPS) is 14.2. The lowest BCUT2D eigenvalue weighted by molar-refractivity contribution is -0.147. The summed E-state index contributed by atoms with van der Waals surface area (Å²) in [6.07, 6.45) is 0.816. The van der Waals surface area contributed by atoms with E-state index in [9.17, 15) is 5.11 Å². The van der Waals surface area contributed by atoms with Crippen LogP contribution in [-0.4, -0.2) is 30.0 Å². The van der Waals surface area contributed by atoms with Crippen molar-refractivity contribution >= 4 is 11.6 Å². The van der Waals surface area contributed by atoms with E-state index < -0.39 is 18.3 Å². The smallest absolute Gasteiger partial charge is 0.114 e. The molecule has 0 unspecified atom stereocenters. The van der Waals surface area contributed by atoms with Gasteiger partial charge in [0.15, 0.2) is 0 Å². The molecule has 0 heterocycles. The van der Waals surface area contributed by atoms with Crippen LogP contribution < -0.4 is 0 Å². The number of hydrogen-bond acceptors (Lipinski definition) is 4. The molecule has 5 heteroatoms. The van der Waals surface area contributed by atoms with Crippen LogP contribution in [0.1, 0.15) is 34.6 Å². The highest BCUT2D eigenvalue weighted by Crippen LogP contribution is 2.33. The first-order valence-corrected chi connectivity index (χ1v) is 14.0. The molecule has 0 aromatic heterocycles. The summed E-state index contributed by atoms with van der Waals surface area (Å²) in [6, 6.07) is 37.9. The van der Waals surface area contributed by atoms with Crippen molar-refractivity contribution in [1.82, 2.24) is 0 Å². The van der Waals surface area contributed by atoms with E-state index in [-0.39, 0.29) is 12.5 Å². The summed E-state index contributed by atoms with van der Waals surface area (Å²) >= 11 is 6.23. The molecule has 0 fully saturated rings. The number of rotatable bonds is 16. The Kier molecular flexibility index (Phi) is 12.0. The Balaban J connectivity index is 1.69. The van der Waals surface area contributed by atoms with E-state index in [4.69, 9.17) is 25.8 Å². The van der Waals surface area contributed by atoms with Gasteiger partial charge >= 0.3 is 0 Å². The second-order valence-electron chi connectivity index (χ2n) is 9.69. The summed E-state index contributed by atoms with van der Waals surface area (Å²) in [4.78, 5) is 0. The molecule has 4 aromatic carbocycles. The van der Waals surface area contributed by atoms with Gasteiger partial charge in [-0.15, -0.1) is 6.58 Å². The molecule has 0 radical (unpaired) electrons. The lowest BCUT2D eigenvalue weighted by Crippen LogP contribution is -2.45. The van der Waals surface area contributed by atoms with Gasteiger partial charge in [0.25, 0.3) is 0 Å². The molecule has 4 aromatic rings. The number of ether oxygens (including phenoxy) is 3. The molecule has 4 nitrogen and oxygen atoms in total. The summed E-state index contributed by atoms with van der Waals surface area (Å²) in [7, 11) is 0. The highest BCUT2D eigenvalue weighted by atomic mass is 35.5. The molecule has 0 spiro atoms. The van der Waals surface area contributed by atoms with Crippen LogP contribution in [0.2, 0.25) is 5.02 Å². The van der Waals surface area contributed by atoms with Crippen molar-refractivity contribution in [3.63, 3.8) is 0 Å². The van der Waals surface area contributed by atoms with Crippen LogP contribution in [0.15, 0.2) is 128 Å². The van der Waals surface area contributed by atoms with E-state index in [1.807, 2.05) is 115 Å². The van der Waals surface area contributed by atoms with E-state index in [0.717, 1.165) is 22.3 Å². The van der Waals surface area contributed by atoms with E-state index in [0.29, 0.717) is 31.3 Å². The van der Waals surface area contributed by atoms with Crippen LogP contribution >= 0.6 is 11.6 Å². The molecule has 0 amide bonds. The van der Waals surface area contributed by atoms with E-state index in [1.165, 1.54) is 0 Å². The van der Waals surface area contributed by atoms with Gasteiger partial charge in [0.2, 0.25) is 0 Å². The third-order valence-corrected chi connectivity index (χ3v) is 7.12. The van der Waals surface area contributed by atoms with Gasteiger partial charge in [-0.3, -0.25) is 0 Å². The van der Waals surface area contributed by atoms with Crippen LogP contribution in [0.4, 0.5) is 0 Å². The Morgan fingerprint density at radius 2 is 1.07 bits per heavy atom. The lowest BCUT2D eigenvalue weighted by Gasteiger charge is -2.37. The quantitative estimate of drug-likeness (QED) is 0.143. The predicted molar refractivity (Wildman–Crippen MR) is 161 cm³/mol. The number of hydrogen-bond donors (Lipinski definition) is 1. The van der Waals surface area contributed by atoms with Gasteiger partial charge in [-0.1, -0.05) is 121 Å². The van der Waals surface area contributed by atoms with Crippen LogP contribution in [0, 0.1) is 0 Å². The molecule has 0 aliphatic carbocycles. The Bertz CT molecular complexity index is 1250. The van der Waals surface area contributed by atoms with Gasteiger partial charge in [0.05, 0.1) is 25.9 Å². The molecule has 0 saturated carbocycles. The minimum atomic E-state index is -0.516. The fourth-order valence-corrected chi connectivity index (χ4v) is 4.91. The zero-order valence-electron chi connectivity index (χ0n) is 22.6. The Morgan fingerprint density at radius 3 is 1.52 bits per heavy atom. The third kappa shape index (κ3) is 8.88. The maximum atomic E-state index is 10.2. The SMILES string of the molecule is C=C[C@H](OCc1ccccc1)[C@@H](OCc1ccccc1)[C@H](OCc1ccccc1)[C@@H](CCO)c1ccc(Cl)cc1. The predicted octanol–water partition coefficient (Wildman–Crippen LogP) is 7.75. The number of halogens is 1. The fourth-order valence-electron chi connectivity index (χ4n) is 4.78. The van der Waals surface area contributed by atoms with Crippen molar-refractivity contribution in [1.29, 1.82) is 0 Å². The number of aliphatic hydroxyl groups excluding tert-OH is 1. The standard InChI is InChI=1S/C35H37ClO4/c1-2-33(38-24-27-12-6-3-7-13-27)35(40-26-29-16-10-5-11-17-29)34(39-25-28-14-8-4-9-15-28)32(22-23-37)30-18-20-31(36)21-19-30/h2-21,32-35,37H,1,22-26H2/t32-,33-,34+,35+/m0/s1. The van der Waals surface area contributed by atoms with Gasteiger partial charge in [-0.2, -0.15) is 0 Å². The Morgan fingerprint density at radius 1 is 0.625 bits per heavy atom. The Labute approximate surface area is 242 Å². The zero-order chi connectivity index (χ0) is 28.0. The molecule has 4 rings (SSSR count). The van der Waals surface area contributed by atoms with Crippen molar-refractivity contribution in [2.24, 2.45) is 0 Å². The van der Waals surface area contributed by atoms with Crippen LogP contribution in [0.25, 0.3) is 0 Å². The first kappa shape index (κ1) is 29.7. The van der Waals surface area contributed by atoms with Gasteiger partial charge in [0, 0.05) is 17.5 Å². The third-order valence-electron chi connectivity index (χ3n) is 6.87. The van der Waals surface area contributed by atoms with E-state index >= 15 is 0 Å². The number of benzene rings is 4. The topological polar surface area (TPSA) is 47.9 Å². The summed E-state index contributed by atoms with van der Waals surface area (Å²) in [5.41, 5.74) is 4.16. The zero-order valence-corrected chi connectivity index (χ0v) is 23.4. The average molecular weight is 557 g/mol. The van der Waals surface area contributed by atoms with Crippen molar-refractivity contribution in [2.45, 2.75) is 50.5 Å². The van der Waals surface area contributed by atoms with Crippen LogP contribution in [0.5, 0.6) is 0 Å². The van der Waals surface area contributed by atoms with Gasteiger partial charge < -0.3 is 19.3 Å². The summed E-state index contributed by atoms with van der Waals surface area (Å²) < 4.78 is 19.8. The molecule has 0 aliphatic heterocycles. The molecule has 0 aliphatic rings. The molecule has 40 heavy (non-hydrogen) atoms. The highest BCUT2D eigenvalue weighted by molar-refractivity contribution is 6.30. The monoisotopic (exact) mass is 556 g/mol. The minimum Gasteiger partial charge on any atom is -0.396 e. The average Bonchev–Trinajstić information content (AvgIpc) is 3.01. The molecule has 4 atom stereocenters. The van der Waals surface area contributed by atoms with Crippen molar-refractivity contribution < 1.29 is 19.3 Å². The minimum absolute atomic E-state index is 0.00642. The van der Waals surface area contributed by atoms with Gasteiger partial charge in [-0.25, -0.2) is 0 Å². The fraction of sp³-hybridized carbons (Fsp3) is 0.257. The lowest BCUT2D eigenvalue weighted by atomic mass is 9.85. The van der Waals surface area contributed by atoms with E-state index in [1.54, 1.807) is 6.08 Å². The number of aliphatic hydroxyl groups is 1. The summed E-state index contributed by atoms with van der Waals surface area (Å²) in [5.74, 6) is -0.186. The van der Waals surface area contributed by atoms with Crippen LogP contribution in [0.3, 0.4) is 0 Å². The first-order chi connectivity index (χ1) is 19.7. The summed E-state index contributed by atoms with van der Waals surface area (Å²) in [6.45, 7) is 5.27. The van der Waals surface area contributed by atoms with Gasteiger partial charge in [-0.05, 0) is 40.8 Å². The molecule has 1 N–H and O–H groups in total. The van der Waals surface area contributed by atoms with Crippen molar-refractivity contribution in [2.75, 3.05) is 6.61 Å². The van der Waals surface area contributed by atoms with E-state index in [2.05, 4.69) is 6.58 Å². The van der Waals surface area contributed by atoms with Crippen molar-refractivity contribution in [3.05, 3.63) is 155 Å². The molecular formula is C35H37ClO4. The summed E-state index contributed by atoms with van der Waals surface area (Å²) in [5, 5.41) is 10.8. The second-order valence-corrected chi connectivity index (χ2v) is 10.1.